The first-order chi connectivity index (χ1) is 9.36. The number of anilines is 1. The van der Waals surface area contributed by atoms with Gasteiger partial charge in [0.25, 0.3) is 5.69 Å². The SMILES string of the molecule is C=C(C)C(CC)=NNc1ccc([N+](=O)[O-])cc1[N+](=O)[O-]. The van der Waals surface area contributed by atoms with Crippen molar-refractivity contribution in [3.8, 4) is 0 Å². The normalized spacial score (nSPS) is 11.0. The average Bonchev–Trinajstić information content (AvgIpc) is 2.38. The summed E-state index contributed by atoms with van der Waals surface area (Å²) in [6, 6.07) is 3.33. The zero-order chi connectivity index (χ0) is 15.3. The van der Waals surface area contributed by atoms with Gasteiger partial charge in [0, 0.05) is 6.07 Å². The Kier molecular flexibility index (Phi) is 4.90. The number of nitro groups is 2. The van der Waals surface area contributed by atoms with Crippen LogP contribution >= 0.6 is 0 Å². The van der Waals surface area contributed by atoms with E-state index in [0.717, 1.165) is 11.6 Å². The van der Waals surface area contributed by atoms with Gasteiger partial charge in [-0.3, -0.25) is 25.7 Å². The molecule has 0 radical (unpaired) electrons. The third kappa shape index (κ3) is 3.61. The molecule has 0 bridgehead atoms. The van der Waals surface area contributed by atoms with Gasteiger partial charge in [0.1, 0.15) is 5.69 Å². The Hall–Kier alpha value is -2.77. The molecule has 8 nitrogen and oxygen atoms in total. The van der Waals surface area contributed by atoms with E-state index in [0.29, 0.717) is 12.1 Å². The second kappa shape index (κ2) is 6.41. The summed E-state index contributed by atoms with van der Waals surface area (Å²) >= 11 is 0. The topological polar surface area (TPSA) is 111 Å². The standard InChI is InChI=1S/C12H14N4O4/c1-4-10(8(2)3)13-14-11-6-5-9(15(17)18)7-12(11)16(19)20/h5-7,14H,2,4H2,1,3H3. The first kappa shape index (κ1) is 15.3. The number of non-ortho nitro benzene ring substituents is 1. The van der Waals surface area contributed by atoms with Crippen LogP contribution in [0.15, 0.2) is 35.5 Å². The van der Waals surface area contributed by atoms with Crippen LogP contribution < -0.4 is 5.43 Å². The molecule has 0 heterocycles. The van der Waals surface area contributed by atoms with Crippen LogP contribution in [0.2, 0.25) is 0 Å². The molecule has 0 aliphatic heterocycles. The minimum atomic E-state index is -0.697. The van der Waals surface area contributed by atoms with Gasteiger partial charge < -0.3 is 0 Å². The van der Waals surface area contributed by atoms with Crippen molar-refractivity contribution in [3.63, 3.8) is 0 Å². The summed E-state index contributed by atoms with van der Waals surface area (Å²) in [6.45, 7) is 7.39. The fraction of sp³-hybridized carbons (Fsp3) is 0.250. The van der Waals surface area contributed by atoms with Gasteiger partial charge in [-0.05, 0) is 25.0 Å². The molecule has 1 rings (SSSR count). The molecule has 0 atom stereocenters. The monoisotopic (exact) mass is 278 g/mol. The lowest BCUT2D eigenvalue weighted by molar-refractivity contribution is -0.393. The van der Waals surface area contributed by atoms with Crippen molar-refractivity contribution in [1.82, 2.24) is 0 Å². The molecule has 0 saturated heterocycles. The van der Waals surface area contributed by atoms with Gasteiger partial charge in [-0.1, -0.05) is 13.5 Å². The van der Waals surface area contributed by atoms with Crippen molar-refractivity contribution < 1.29 is 9.85 Å². The number of nitro benzene ring substituents is 2. The molecule has 0 spiro atoms. The van der Waals surface area contributed by atoms with Crippen LogP contribution in [0.3, 0.4) is 0 Å². The fourth-order valence-electron chi connectivity index (χ4n) is 1.48. The summed E-state index contributed by atoms with van der Waals surface area (Å²) in [5, 5.41) is 25.6. The van der Waals surface area contributed by atoms with E-state index in [4.69, 9.17) is 0 Å². The van der Waals surface area contributed by atoms with Gasteiger partial charge in [-0.15, -0.1) is 0 Å². The largest absolute Gasteiger partial charge is 0.301 e. The zero-order valence-corrected chi connectivity index (χ0v) is 11.1. The molecule has 106 valence electrons. The number of hydrazone groups is 1. The van der Waals surface area contributed by atoms with Gasteiger partial charge in [-0.2, -0.15) is 5.10 Å². The van der Waals surface area contributed by atoms with Crippen LogP contribution in [-0.2, 0) is 0 Å². The third-order valence-corrected chi connectivity index (χ3v) is 2.53. The molecule has 0 aliphatic rings. The van der Waals surface area contributed by atoms with Crippen LogP contribution in [-0.4, -0.2) is 15.6 Å². The zero-order valence-electron chi connectivity index (χ0n) is 11.1. The third-order valence-electron chi connectivity index (χ3n) is 2.53. The van der Waals surface area contributed by atoms with Gasteiger partial charge in [0.15, 0.2) is 0 Å². The maximum atomic E-state index is 10.9. The number of rotatable bonds is 6. The number of hydrogen-bond acceptors (Lipinski definition) is 6. The van der Waals surface area contributed by atoms with Gasteiger partial charge in [0.2, 0.25) is 0 Å². The van der Waals surface area contributed by atoms with E-state index in [1.165, 1.54) is 12.1 Å². The van der Waals surface area contributed by atoms with Gasteiger partial charge in [-0.25, -0.2) is 0 Å². The molecule has 0 unspecified atom stereocenters. The predicted molar refractivity (Wildman–Crippen MR) is 75.9 cm³/mol. The Morgan fingerprint density at radius 3 is 2.45 bits per heavy atom. The molecule has 1 aromatic rings. The minimum absolute atomic E-state index is 0.0906. The molecule has 1 aromatic carbocycles. The quantitative estimate of drug-likeness (QED) is 0.487. The summed E-state index contributed by atoms with van der Waals surface area (Å²) in [5.41, 5.74) is 3.30. The average molecular weight is 278 g/mol. The molecule has 0 aliphatic carbocycles. The Bertz CT molecular complexity index is 595. The number of nitrogens with zero attached hydrogens (tertiary/aromatic N) is 3. The van der Waals surface area contributed by atoms with Crippen molar-refractivity contribution >= 4 is 22.8 Å². The lowest BCUT2D eigenvalue weighted by Crippen LogP contribution is -2.03. The number of allylic oxidation sites excluding steroid dienone is 1. The molecular formula is C12H14N4O4. The van der Waals surface area contributed by atoms with Crippen LogP contribution in [0.25, 0.3) is 0 Å². The molecule has 1 N–H and O–H groups in total. The molecule has 0 aromatic heterocycles. The highest BCUT2D eigenvalue weighted by Gasteiger charge is 2.19. The second-order valence-electron chi connectivity index (χ2n) is 4.02. The summed E-state index contributed by atoms with van der Waals surface area (Å²) in [6.07, 6.45) is 0.614. The first-order valence-corrected chi connectivity index (χ1v) is 5.78. The number of nitrogens with one attached hydrogen (secondary N) is 1. The van der Waals surface area contributed by atoms with Crippen LogP contribution in [0.1, 0.15) is 20.3 Å². The Morgan fingerprint density at radius 2 is 2.00 bits per heavy atom. The van der Waals surface area contributed by atoms with Crippen molar-refractivity contribution in [2.75, 3.05) is 5.43 Å². The van der Waals surface area contributed by atoms with E-state index >= 15 is 0 Å². The summed E-state index contributed by atoms with van der Waals surface area (Å²) in [4.78, 5) is 20.1. The van der Waals surface area contributed by atoms with E-state index in [9.17, 15) is 20.2 Å². The van der Waals surface area contributed by atoms with E-state index in [1.54, 1.807) is 6.92 Å². The lowest BCUT2D eigenvalue weighted by atomic mass is 10.2. The van der Waals surface area contributed by atoms with Crippen LogP contribution in [0, 0.1) is 20.2 Å². The Morgan fingerprint density at radius 1 is 1.35 bits per heavy atom. The van der Waals surface area contributed by atoms with E-state index in [2.05, 4.69) is 17.1 Å². The maximum Gasteiger partial charge on any atom is 0.301 e. The molecule has 0 amide bonds. The number of benzene rings is 1. The Labute approximate surface area is 115 Å². The highest BCUT2D eigenvalue weighted by Crippen LogP contribution is 2.28. The van der Waals surface area contributed by atoms with Crippen LogP contribution in [0.5, 0.6) is 0 Å². The molecular weight excluding hydrogens is 264 g/mol. The highest BCUT2D eigenvalue weighted by molar-refractivity contribution is 5.99. The van der Waals surface area contributed by atoms with Gasteiger partial charge >= 0.3 is 5.69 Å². The Balaban J connectivity index is 3.15. The second-order valence-corrected chi connectivity index (χ2v) is 4.02. The van der Waals surface area contributed by atoms with E-state index < -0.39 is 15.5 Å². The maximum absolute atomic E-state index is 10.9. The van der Waals surface area contributed by atoms with Crippen molar-refractivity contribution in [1.29, 1.82) is 0 Å². The molecule has 20 heavy (non-hydrogen) atoms. The van der Waals surface area contributed by atoms with Crippen molar-refractivity contribution in [2.45, 2.75) is 20.3 Å². The summed E-state index contributed by atoms with van der Waals surface area (Å²) in [5.74, 6) is 0. The lowest BCUT2D eigenvalue weighted by Gasteiger charge is -2.05. The van der Waals surface area contributed by atoms with Crippen molar-refractivity contribution in [3.05, 3.63) is 50.6 Å². The molecule has 8 heteroatoms. The highest BCUT2D eigenvalue weighted by atomic mass is 16.6. The minimum Gasteiger partial charge on any atom is -0.271 e. The number of hydrogen-bond donors (Lipinski definition) is 1. The van der Waals surface area contributed by atoms with E-state index in [1.807, 2.05) is 6.92 Å². The predicted octanol–water partition coefficient (Wildman–Crippen LogP) is 3.26. The fourth-order valence-corrected chi connectivity index (χ4v) is 1.48. The first-order valence-electron chi connectivity index (χ1n) is 5.78. The van der Waals surface area contributed by atoms with Crippen molar-refractivity contribution in [2.24, 2.45) is 5.10 Å². The summed E-state index contributed by atoms with van der Waals surface area (Å²) < 4.78 is 0. The smallest absolute Gasteiger partial charge is 0.271 e. The molecule has 0 fully saturated rings. The summed E-state index contributed by atoms with van der Waals surface area (Å²) in [7, 11) is 0. The molecule has 0 saturated carbocycles. The van der Waals surface area contributed by atoms with Crippen LogP contribution in [0.4, 0.5) is 17.1 Å². The van der Waals surface area contributed by atoms with E-state index in [-0.39, 0.29) is 11.4 Å². The van der Waals surface area contributed by atoms with Gasteiger partial charge in [0.05, 0.1) is 21.6 Å².